The maximum Gasteiger partial charge on any atom is 0.0587 e. The number of hydrogen-bond acceptors (Lipinski definition) is 2. The van der Waals surface area contributed by atoms with E-state index in [0.29, 0.717) is 5.41 Å². The minimum absolute atomic E-state index is 0.399. The molecule has 0 unspecified atom stereocenters. The van der Waals surface area contributed by atoms with E-state index in [9.17, 15) is 0 Å². The molecule has 18 heavy (non-hydrogen) atoms. The molecule has 0 aliphatic rings. The number of rotatable bonds is 9. The fraction of sp³-hybridized carbons (Fsp3) is 0.625. The summed E-state index contributed by atoms with van der Waals surface area (Å²) in [5, 5.41) is 3.42. The minimum Gasteiger partial charge on any atom is -0.383 e. The molecule has 0 saturated heterocycles. The second kappa shape index (κ2) is 8.28. The van der Waals surface area contributed by atoms with Gasteiger partial charge in [-0.1, -0.05) is 44.2 Å². The van der Waals surface area contributed by atoms with Crippen LogP contribution in [0.4, 0.5) is 0 Å². The molecule has 0 aromatic heterocycles. The topological polar surface area (TPSA) is 21.3 Å². The second-order valence-corrected chi connectivity index (χ2v) is 5.64. The molecule has 2 nitrogen and oxygen atoms in total. The molecule has 1 rings (SSSR count). The van der Waals surface area contributed by atoms with Gasteiger partial charge >= 0.3 is 0 Å². The second-order valence-electron chi connectivity index (χ2n) is 5.64. The number of ether oxygens (including phenoxy) is 1. The van der Waals surface area contributed by atoms with Gasteiger partial charge in [-0.3, -0.25) is 0 Å². The summed E-state index contributed by atoms with van der Waals surface area (Å²) in [4.78, 5) is 0. The molecule has 0 aliphatic heterocycles. The largest absolute Gasteiger partial charge is 0.383 e. The maximum absolute atomic E-state index is 5.02. The first-order valence-corrected chi connectivity index (χ1v) is 6.88. The molecule has 1 aromatic carbocycles. The van der Waals surface area contributed by atoms with Crippen molar-refractivity contribution in [3.63, 3.8) is 0 Å². The Morgan fingerprint density at radius 1 is 1.06 bits per heavy atom. The van der Waals surface area contributed by atoms with Crippen LogP contribution in [0.3, 0.4) is 0 Å². The van der Waals surface area contributed by atoms with E-state index in [0.717, 1.165) is 19.7 Å². The molecular weight excluding hydrogens is 222 g/mol. The average Bonchev–Trinajstić information content (AvgIpc) is 2.38. The first kappa shape index (κ1) is 15.2. The Bertz CT molecular complexity index is 308. The molecule has 0 saturated carbocycles. The molecule has 1 aromatic rings. The van der Waals surface area contributed by atoms with Crippen LogP contribution in [0.25, 0.3) is 0 Å². The average molecular weight is 249 g/mol. The summed E-state index contributed by atoms with van der Waals surface area (Å²) < 4.78 is 5.02. The third-order valence-electron chi connectivity index (χ3n) is 3.39. The van der Waals surface area contributed by atoms with Gasteiger partial charge in [-0.05, 0) is 36.8 Å². The van der Waals surface area contributed by atoms with E-state index < -0.39 is 0 Å². The first-order chi connectivity index (χ1) is 8.64. The molecule has 0 heterocycles. The van der Waals surface area contributed by atoms with E-state index in [4.69, 9.17) is 4.74 Å². The lowest BCUT2D eigenvalue weighted by molar-refractivity contribution is 0.197. The molecule has 1 N–H and O–H groups in total. The molecular formula is C16H27NO. The normalized spacial score (nSPS) is 11.7. The summed E-state index contributed by atoms with van der Waals surface area (Å²) in [6.45, 7) is 7.53. The van der Waals surface area contributed by atoms with Gasteiger partial charge in [-0.2, -0.15) is 0 Å². The number of methoxy groups -OCH3 is 1. The van der Waals surface area contributed by atoms with Gasteiger partial charge in [0.15, 0.2) is 0 Å². The molecule has 0 amide bonds. The van der Waals surface area contributed by atoms with Crippen molar-refractivity contribution in [1.82, 2.24) is 5.32 Å². The quantitative estimate of drug-likeness (QED) is 0.678. The van der Waals surface area contributed by atoms with Crippen molar-refractivity contribution in [3.05, 3.63) is 35.9 Å². The predicted octanol–water partition coefficient (Wildman–Crippen LogP) is 3.27. The third kappa shape index (κ3) is 6.77. The highest BCUT2D eigenvalue weighted by Crippen LogP contribution is 2.26. The summed E-state index contributed by atoms with van der Waals surface area (Å²) >= 11 is 0. The summed E-state index contributed by atoms with van der Waals surface area (Å²) in [5.41, 5.74) is 1.84. The maximum atomic E-state index is 5.02. The van der Waals surface area contributed by atoms with Crippen LogP contribution in [0, 0.1) is 5.41 Å². The van der Waals surface area contributed by atoms with Crippen LogP contribution < -0.4 is 5.32 Å². The van der Waals surface area contributed by atoms with Crippen LogP contribution in [-0.4, -0.2) is 26.8 Å². The fourth-order valence-electron chi connectivity index (χ4n) is 1.98. The van der Waals surface area contributed by atoms with Crippen LogP contribution in [0.1, 0.15) is 32.3 Å². The van der Waals surface area contributed by atoms with Crippen molar-refractivity contribution in [2.24, 2.45) is 5.41 Å². The number of benzene rings is 1. The van der Waals surface area contributed by atoms with E-state index in [1.165, 1.54) is 24.8 Å². The van der Waals surface area contributed by atoms with E-state index in [-0.39, 0.29) is 0 Å². The molecule has 2 heteroatoms. The zero-order chi connectivity index (χ0) is 13.3. The summed E-state index contributed by atoms with van der Waals surface area (Å²) in [7, 11) is 1.74. The lowest BCUT2D eigenvalue weighted by atomic mass is 9.83. The van der Waals surface area contributed by atoms with Crippen LogP contribution >= 0.6 is 0 Å². The van der Waals surface area contributed by atoms with Gasteiger partial charge < -0.3 is 10.1 Å². The van der Waals surface area contributed by atoms with Crippen molar-refractivity contribution in [2.75, 3.05) is 26.8 Å². The van der Waals surface area contributed by atoms with Gasteiger partial charge in [0, 0.05) is 13.7 Å². The first-order valence-electron chi connectivity index (χ1n) is 6.88. The molecule has 0 spiro atoms. The smallest absolute Gasteiger partial charge is 0.0587 e. The van der Waals surface area contributed by atoms with Gasteiger partial charge in [0.05, 0.1) is 6.61 Å². The highest BCUT2D eigenvalue weighted by atomic mass is 16.5. The lowest BCUT2D eigenvalue weighted by Crippen LogP contribution is -2.25. The fourth-order valence-corrected chi connectivity index (χ4v) is 1.98. The number of hydrogen-bond donors (Lipinski definition) is 1. The van der Waals surface area contributed by atoms with Crippen molar-refractivity contribution in [2.45, 2.75) is 33.1 Å². The van der Waals surface area contributed by atoms with Gasteiger partial charge in [-0.15, -0.1) is 0 Å². The van der Waals surface area contributed by atoms with Gasteiger partial charge in [0.25, 0.3) is 0 Å². The van der Waals surface area contributed by atoms with Crippen molar-refractivity contribution < 1.29 is 4.74 Å². The van der Waals surface area contributed by atoms with Crippen molar-refractivity contribution >= 4 is 0 Å². The van der Waals surface area contributed by atoms with Crippen LogP contribution in [0.5, 0.6) is 0 Å². The molecule has 0 atom stereocenters. The van der Waals surface area contributed by atoms with Crippen LogP contribution in [-0.2, 0) is 11.2 Å². The Morgan fingerprint density at radius 2 is 1.78 bits per heavy atom. The monoisotopic (exact) mass is 249 g/mol. The van der Waals surface area contributed by atoms with Crippen LogP contribution in [0.15, 0.2) is 30.3 Å². The summed E-state index contributed by atoms with van der Waals surface area (Å²) in [5.74, 6) is 0. The van der Waals surface area contributed by atoms with Crippen LogP contribution in [0.2, 0.25) is 0 Å². The summed E-state index contributed by atoms with van der Waals surface area (Å²) in [6, 6.07) is 10.7. The standard InChI is InChI=1S/C16H27NO/c1-16(2,11-12-17-13-14-18-3)10-9-15-7-5-4-6-8-15/h4-8,17H,9-14H2,1-3H3. The zero-order valence-electron chi connectivity index (χ0n) is 12.0. The van der Waals surface area contributed by atoms with Crippen molar-refractivity contribution in [3.8, 4) is 0 Å². The van der Waals surface area contributed by atoms with E-state index in [2.05, 4.69) is 49.5 Å². The highest BCUT2D eigenvalue weighted by Gasteiger charge is 2.16. The summed E-state index contributed by atoms with van der Waals surface area (Å²) in [6.07, 6.45) is 3.62. The molecule has 0 fully saturated rings. The van der Waals surface area contributed by atoms with Gasteiger partial charge in [-0.25, -0.2) is 0 Å². The molecule has 0 radical (unpaired) electrons. The number of nitrogens with one attached hydrogen (secondary N) is 1. The van der Waals surface area contributed by atoms with E-state index in [1.54, 1.807) is 7.11 Å². The lowest BCUT2D eigenvalue weighted by Gasteiger charge is -2.24. The Kier molecular flexibility index (Phi) is 6.99. The Morgan fingerprint density at radius 3 is 2.44 bits per heavy atom. The van der Waals surface area contributed by atoms with Gasteiger partial charge in [0.1, 0.15) is 0 Å². The molecule has 0 bridgehead atoms. The minimum atomic E-state index is 0.399. The number of aryl methyl sites for hydroxylation is 1. The Balaban J connectivity index is 2.19. The van der Waals surface area contributed by atoms with E-state index in [1.807, 2.05) is 0 Å². The predicted molar refractivity (Wildman–Crippen MR) is 77.9 cm³/mol. The molecule has 102 valence electrons. The highest BCUT2D eigenvalue weighted by molar-refractivity contribution is 5.14. The SMILES string of the molecule is COCCNCCC(C)(C)CCc1ccccc1. The molecule has 0 aliphatic carbocycles. The third-order valence-corrected chi connectivity index (χ3v) is 3.39. The zero-order valence-corrected chi connectivity index (χ0v) is 12.0. The Labute approximate surface area is 112 Å². The van der Waals surface area contributed by atoms with E-state index >= 15 is 0 Å². The van der Waals surface area contributed by atoms with Crippen molar-refractivity contribution in [1.29, 1.82) is 0 Å². The van der Waals surface area contributed by atoms with Gasteiger partial charge in [0.2, 0.25) is 0 Å². The Hall–Kier alpha value is -0.860.